The van der Waals surface area contributed by atoms with Gasteiger partial charge in [-0.3, -0.25) is 0 Å². The van der Waals surface area contributed by atoms with Crippen molar-refractivity contribution in [3.8, 4) is 0 Å². The zero-order valence-corrected chi connectivity index (χ0v) is 15.6. The zero-order valence-electron chi connectivity index (χ0n) is 12.6. The maximum atomic E-state index is 10.7. The summed E-state index contributed by atoms with van der Waals surface area (Å²) in [4.78, 5) is 10.7. The Balaban J connectivity index is 2.16. The Morgan fingerprint density at radius 1 is 1.35 bits per heavy atom. The van der Waals surface area contributed by atoms with E-state index < -0.39 is 23.0 Å². The van der Waals surface area contributed by atoms with Crippen LogP contribution in [0.1, 0.15) is 6.42 Å². The molecule has 1 rings (SSSR count). The third kappa shape index (κ3) is 7.00. The Hall–Kier alpha value is -0.199. The Morgan fingerprint density at radius 2 is 2.05 bits per heavy atom. The highest BCUT2D eigenvalue weighted by Gasteiger charge is 2.34. The number of carbonyl (C=O) groups is 1. The minimum absolute atomic E-state index is 0.272. The van der Waals surface area contributed by atoms with Crippen molar-refractivity contribution >= 4 is 33.5 Å². The van der Waals surface area contributed by atoms with Gasteiger partial charge in [-0.05, 0) is 38.7 Å². The van der Waals surface area contributed by atoms with Crippen molar-refractivity contribution in [2.24, 2.45) is 0 Å². The summed E-state index contributed by atoms with van der Waals surface area (Å²) in [5, 5.41) is 0. The summed E-state index contributed by atoms with van der Waals surface area (Å²) in [6.45, 7) is 9.71. The maximum Gasteiger partial charge on any atom is 0.508 e. The molecule has 2 atom stereocenters. The molecule has 0 bridgehead atoms. The second kappa shape index (κ2) is 7.71. The van der Waals surface area contributed by atoms with E-state index in [0.29, 0.717) is 13.2 Å². The topological polar surface area (TPSA) is 63.2 Å². The maximum absolute atomic E-state index is 10.7. The first kappa shape index (κ1) is 17.9. The van der Waals surface area contributed by atoms with Gasteiger partial charge in [-0.1, -0.05) is 0 Å². The molecule has 0 aromatic heterocycles. The van der Waals surface area contributed by atoms with E-state index in [9.17, 15) is 4.79 Å². The van der Waals surface area contributed by atoms with Gasteiger partial charge in [-0.15, -0.1) is 0 Å². The number of ether oxygens (including phenoxy) is 3. The van der Waals surface area contributed by atoms with E-state index in [1.807, 2.05) is 6.55 Å². The number of rotatable bonds is 9. The van der Waals surface area contributed by atoms with Crippen LogP contribution in [0.25, 0.3) is 0 Å². The van der Waals surface area contributed by atoms with Gasteiger partial charge in [0.15, 0.2) is 14.4 Å². The van der Waals surface area contributed by atoms with Gasteiger partial charge in [-0.25, -0.2) is 4.79 Å². The number of hydrogen-bond donors (Lipinski definition) is 0. The lowest BCUT2D eigenvalue weighted by Crippen LogP contribution is -2.46. The normalized spacial score (nSPS) is 22.2. The van der Waals surface area contributed by atoms with Crippen LogP contribution < -0.4 is 0 Å². The fourth-order valence-corrected chi connectivity index (χ4v) is 9.25. The molecule has 0 amide bonds. The summed E-state index contributed by atoms with van der Waals surface area (Å²) in [7, 11) is -0.637. The molecule has 6 nitrogen and oxygen atoms in total. The smallest absolute Gasteiger partial charge is 0.437 e. The van der Waals surface area contributed by atoms with E-state index in [1.165, 1.54) is 0 Å². The molecule has 9 heteroatoms. The third-order valence-corrected chi connectivity index (χ3v) is 9.78. The predicted molar refractivity (Wildman–Crippen MR) is 79.4 cm³/mol. The number of cyclic esters (lactones) is 2. The molecule has 1 fully saturated rings. The molecule has 1 saturated heterocycles. The number of hydrogen-bond acceptors (Lipinski definition) is 6. The minimum atomic E-state index is -2.17. The van der Waals surface area contributed by atoms with Crippen LogP contribution in [-0.4, -0.2) is 59.4 Å². The largest absolute Gasteiger partial charge is 0.508 e. The molecule has 115 valence electrons. The monoisotopic (exact) mass is 335 g/mol. The van der Waals surface area contributed by atoms with Crippen LogP contribution in [0.4, 0.5) is 4.79 Å². The summed E-state index contributed by atoms with van der Waals surface area (Å²) >= 11 is 0. The molecule has 2 unspecified atom stereocenters. The van der Waals surface area contributed by atoms with Crippen LogP contribution in [0.15, 0.2) is 0 Å². The van der Waals surface area contributed by atoms with Gasteiger partial charge in [0.1, 0.15) is 6.61 Å². The van der Waals surface area contributed by atoms with Crippen LogP contribution in [-0.2, 0) is 22.4 Å². The standard InChI is InChI=1S/C11H23O6Si3/c1-19(2,3)17-20(4,16-18)7-5-6-13-8-10-9-14-11(12)15-10/h10H,5-9H2,1-4H3. The van der Waals surface area contributed by atoms with E-state index in [1.54, 1.807) is 0 Å². The molecule has 20 heavy (non-hydrogen) atoms. The first-order valence-corrected chi connectivity index (χ1v) is 13.0. The molecule has 1 aliphatic rings. The second-order valence-electron chi connectivity index (χ2n) is 5.93. The van der Waals surface area contributed by atoms with Crippen molar-refractivity contribution in [1.82, 2.24) is 0 Å². The van der Waals surface area contributed by atoms with Crippen LogP contribution in [0, 0.1) is 0 Å². The fraction of sp³-hybridized carbons (Fsp3) is 0.909. The molecule has 3 radical (unpaired) electrons. The lowest BCUT2D eigenvalue weighted by molar-refractivity contribution is 0.0458. The van der Waals surface area contributed by atoms with Gasteiger partial charge in [0.25, 0.3) is 0 Å². The zero-order chi connectivity index (χ0) is 15.2. The summed E-state index contributed by atoms with van der Waals surface area (Å²) < 4.78 is 26.6. The van der Waals surface area contributed by atoms with Crippen LogP contribution in [0.5, 0.6) is 0 Å². The van der Waals surface area contributed by atoms with Crippen LogP contribution >= 0.6 is 0 Å². The highest BCUT2D eigenvalue weighted by molar-refractivity contribution is 6.82. The highest BCUT2D eigenvalue weighted by atomic mass is 28.5. The number of carbonyl (C=O) groups excluding carboxylic acids is 1. The summed E-state index contributed by atoms with van der Waals surface area (Å²) in [5.41, 5.74) is 0. The van der Waals surface area contributed by atoms with Gasteiger partial charge in [0.05, 0.1) is 6.61 Å². The Morgan fingerprint density at radius 3 is 2.55 bits per heavy atom. The fourth-order valence-electron chi connectivity index (χ4n) is 1.93. The Kier molecular flexibility index (Phi) is 6.88. The highest BCUT2D eigenvalue weighted by Crippen LogP contribution is 2.20. The average molecular weight is 336 g/mol. The molecule has 0 aromatic rings. The molecule has 0 N–H and O–H groups in total. The van der Waals surface area contributed by atoms with E-state index in [-0.39, 0.29) is 12.7 Å². The molecular formula is C11H23O6Si3. The van der Waals surface area contributed by atoms with Crippen molar-refractivity contribution in [3.63, 3.8) is 0 Å². The summed E-state index contributed by atoms with van der Waals surface area (Å²) in [6.07, 6.45) is -0.0508. The van der Waals surface area contributed by atoms with E-state index >= 15 is 0 Å². The van der Waals surface area contributed by atoms with Gasteiger partial charge in [-0.2, -0.15) is 0 Å². The summed E-state index contributed by atoms with van der Waals surface area (Å²) in [5.74, 6) is 0. The van der Waals surface area contributed by atoms with Crippen molar-refractivity contribution in [2.45, 2.75) is 44.8 Å². The summed E-state index contributed by atoms with van der Waals surface area (Å²) in [6, 6.07) is 0.849. The van der Waals surface area contributed by atoms with E-state index in [2.05, 4.69) is 34.9 Å². The first-order chi connectivity index (χ1) is 9.24. The molecular weight excluding hydrogens is 312 g/mol. The molecule has 1 heterocycles. The molecule has 0 spiro atoms. The van der Waals surface area contributed by atoms with Crippen LogP contribution in [0.2, 0.25) is 32.2 Å². The first-order valence-electron chi connectivity index (χ1n) is 6.70. The second-order valence-corrected chi connectivity index (χ2v) is 14.6. The Bertz CT molecular complexity index is 322. The SMILES string of the molecule is C[Si](C)(C)O[Si](C)(CCCOCC1COC(=O)O1)O[Si]. The molecule has 0 saturated carbocycles. The quantitative estimate of drug-likeness (QED) is 0.365. The van der Waals surface area contributed by atoms with Gasteiger partial charge >= 0.3 is 14.7 Å². The van der Waals surface area contributed by atoms with Gasteiger partial charge in [0.2, 0.25) is 10.5 Å². The van der Waals surface area contributed by atoms with Gasteiger partial charge in [0, 0.05) is 6.61 Å². The van der Waals surface area contributed by atoms with Crippen molar-refractivity contribution < 1.29 is 27.2 Å². The van der Waals surface area contributed by atoms with Crippen LogP contribution in [0.3, 0.4) is 0 Å². The molecule has 0 aromatic carbocycles. The third-order valence-electron chi connectivity index (χ3n) is 2.61. The Labute approximate surface area is 126 Å². The average Bonchev–Trinajstić information content (AvgIpc) is 2.72. The van der Waals surface area contributed by atoms with Crippen molar-refractivity contribution in [1.29, 1.82) is 0 Å². The predicted octanol–water partition coefficient (Wildman–Crippen LogP) is 1.95. The van der Waals surface area contributed by atoms with Crippen molar-refractivity contribution in [2.75, 3.05) is 19.8 Å². The van der Waals surface area contributed by atoms with Gasteiger partial charge < -0.3 is 22.4 Å². The van der Waals surface area contributed by atoms with E-state index in [0.717, 1.165) is 12.5 Å². The lowest BCUT2D eigenvalue weighted by Gasteiger charge is -2.32. The molecule has 1 aliphatic heterocycles. The minimum Gasteiger partial charge on any atom is -0.437 e. The van der Waals surface area contributed by atoms with E-state index in [4.69, 9.17) is 17.7 Å². The van der Waals surface area contributed by atoms with Crippen molar-refractivity contribution in [3.05, 3.63) is 0 Å². The molecule has 0 aliphatic carbocycles. The lowest BCUT2D eigenvalue weighted by atomic mass is 10.4.